The molecule has 0 aliphatic rings. The summed E-state index contributed by atoms with van der Waals surface area (Å²) in [5.41, 5.74) is 1.81. The average Bonchev–Trinajstić information content (AvgIpc) is 3.01. The van der Waals surface area contributed by atoms with Crippen LogP contribution in [0.1, 0.15) is 16.1 Å². The summed E-state index contributed by atoms with van der Waals surface area (Å²) in [6.45, 7) is 1.84. The van der Waals surface area contributed by atoms with Gasteiger partial charge in [0.05, 0.1) is 30.6 Å². The summed E-state index contributed by atoms with van der Waals surface area (Å²) in [6.07, 6.45) is 0. The number of aromatic nitrogens is 2. The van der Waals surface area contributed by atoms with Gasteiger partial charge in [0.15, 0.2) is 11.5 Å². The highest BCUT2D eigenvalue weighted by atomic mass is 35.5. The lowest BCUT2D eigenvalue weighted by atomic mass is 10.2. The molecule has 0 fully saturated rings. The van der Waals surface area contributed by atoms with Crippen molar-refractivity contribution in [2.45, 2.75) is 6.92 Å². The first-order valence-electron chi connectivity index (χ1n) is 7.98. The fraction of sp³-hybridized carbons (Fsp3) is 0.158. The molecule has 1 amide bonds. The van der Waals surface area contributed by atoms with E-state index in [0.29, 0.717) is 27.9 Å². The molecule has 0 unspecified atom stereocenters. The Labute approximate surface area is 166 Å². The molecule has 0 saturated heterocycles. The Morgan fingerprint density at radius 3 is 2.56 bits per heavy atom. The quantitative estimate of drug-likeness (QED) is 0.664. The van der Waals surface area contributed by atoms with Crippen molar-refractivity contribution in [1.82, 2.24) is 9.78 Å². The van der Waals surface area contributed by atoms with Gasteiger partial charge < -0.3 is 14.8 Å². The molecule has 0 radical (unpaired) electrons. The Morgan fingerprint density at radius 2 is 1.89 bits per heavy atom. The molecule has 0 aliphatic heterocycles. The second-order valence-electron chi connectivity index (χ2n) is 5.71. The van der Waals surface area contributed by atoms with E-state index in [1.807, 2.05) is 19.1 Å². The van der Waals surface area contributed by atoms with Crippen molar-refractivity contribution in [2.75, 3.05) is 19.5 Å². The summed E-state index contributed by atoms with van der Waals surface area (Å²) < 4.78 is 12.1. The van der Waals surface area contributed by atoms with Gasteiger partial charge in [0.2, 0.25) is 0 Å². The van der Waals surface area contributed by atoms with Crippen LogP contribution < -0.4 is 14.8 Å². The molecule has 0 atom stereocenters. The van der Waals surface area contributed by atoms with Gasteiger partial charge in [-0.2, -0.15) is 5.10 Å². The number of hydrogen-bond acceptors (Lipinski definition) is 4. The zero-order valence-electron chi connectivity index (χ0n) is 14.9. The topological polar surface area (TPSA) is 65.4 Å². The van der Waals surface area contributed by atoms with Gasteiger partial charge in [0.1, 0.15) is 5.82 Å². The SMILES string of the molecule is COc1cc(C(=O)Nc2cc(C)nn2-c2cccc(Cl)c2)cc(Cl)c1OC. The van der Waals surface area contributed by atoms with Crippen LogP contribution in [0.25, 0.3) is 5.69 Å². The molecular formula is C19H17Cl2N3O3. The highest BCUT2D eigenvalue weighted by Crippen LogP contribution is 2.36. The zero-order chi connectivity index (χ0) is 19.6. The Balaban J connectivity index is 1.95. The number of methoxy groups -OCH3 is 2. The molecule has 0 spiro atoms. The predicted molar refractivity (Wildman–Crippen MR) is 106 cm³/mol. The lowest BCUT2D eigenvalue weighted by Gasteiger charge is -2.13. The van der Waals surface area contributed by atoms with E-state index in [1.54, 1.807) is 28.9 Å². The van der Waals surface area contributed by atoms with Crippen molar-refractivity contribution in [3.05, 3.63) is 63.8 Å². The van der Waals surface area contributed by atoms with Crippen molar-refractivity contribution in [3.8, 4) is 17.2 Å². The Hall–Kier alpha value is -2.70. The smallest absolute Gasteiger partial charge is 0.257 e. The molecule has 1 heterocycles. The number of anilines is 1. The van der Waals surface area contributed by atoms with Crippen LogP contribution in [-0.4, -0.2) is 29.9 Å². The number of nitrogens with one attached hydrogen (secondary N) is 1. The largest absolute Gasteiger partial charge is 0.493 e. The molecule has 140 valence electrons. The fourth-order valence-corrected chi connectivity index (χ4v) is 3.10. The van der Waals surface area contributed by atoms with Crippen molar-refractivity contribution in [1.29, 1.82) is 0 Å². The van der Waals surface area contributed by atoms with E-state index in [1.165, 1.54) is 20.3 Å². The monoisotopic (exact) mass is 405 g/mol. The first kappa shape index (κ1) is 19.1. The van der Waals surface area contributed by atoms with Crippen LogP contribution in [0.15, 0.2) is 42.5 Å². The lowest BCUT2D eigenvalue weighted by Crippen LogP contribution is -2.15. The minimum absolute atomic E-state index is 0.279. The number of carbonyl (C=O) groups excluding carboxylic acids is 1. The highest BCUT2D eigenvalue weighted by molar-refractivity contribution is 6.33. The van der Waals surface area contributed by atoms with Gasteiger partial charge in [0, 0.05) is 16.7 Å². The van der Waals surface area contributed by atoms with Crippen LogP contribution in [0.2, 0.25) is 10.0 Å². The molecule has 1 N–H and O–H groups in total. The third-order valence-electron chi connectivity index (χ3n) is 3.82. The van der Waals surface area contributed by atoms with Gasteiger partial charge in [-0.1, -0.05) is 29.3 Å². The van der Waals surface area contributed by atoms with E-state index in [9.17, 15) is 4.79 Å². The van der Waals surface area contributed by atoms with E-state index < -0.39 is 0 Å². The molecule has 2 aromatic carbocycles. The first-order valence-corrected chi connectivity index (χ1v) is 8.74. The van der Waals surface area contributed by atoms with Crippen molar-refractivity contribution >= 4 is 34.9 Å². The minimum atomic E-state index is -0.360. The summed E-state index contributed by atoms with van der Waals surface area (Å²) in [7, 11) is 2.96. The maximum atomic E-state index is 12.8. The van der Waals surface area contributed by atoms with Crippen molar-refractivity contribution in [2.24, 2.45) is 0 Å². The lowest BCUT2D eigenvalue weighted by molar-refractivity contribution is 0.102. The summed E-state index contributed by atoms with van der Waals surface area (Å²) in [5, 5.41) is 8.12. The van der Waals surface area contributed by atoms with Crippen molar-refractivity contribution < 1.29 is 14.3 Å². The van der Waals surface area contributed by atoms with E-state index in [4.69, 9.17) is 32.7 Å². The Bertz CT molecular complexity index is 1000. The molecule has 6 nitrogen and oxygen atoms in total. The van der Waals surface area contributed by atoms with Crippen molar-refractivity contribution in [3.63, 3.8) is 0 Å². The molecule has 3 aromatic rings. The number of nitrogens with zero attached hydrogens (tertiary/aromatic N) is 2. The summed E-state index contributed by atoms with van der Waals surface area (Å²) in [6, 6.07) is 12.0. The second kappa shape index (κ2) is 7.90. The fourth-order valence-electron chi connectivity index (χ4n) is 2.63. The van der Waals surface area contributed by atoms with Crippen LogP contribution in [0.3, 0.4) is 0 Å². The maximum absolute atomic E-state index is 12.8. The molecular weight excluding hydrogens is 389 g/mol. The van der Waals surface area contributed by atoms with Gasteiger partial charge >= 0.3 is 0 Å². The minimum Gasteiger partial charge on any atom is -0.493 e. The number of halogens is 2. The highest BCUT2D eigenvalue weighted by Gasteiger charge is 2.17. The summed E-state index contributed by atoms with van der Waals surface area (Å²) >= 11 is 12.3. The van der Waals surface area contributed by atoms with E-state index in [0.717, 1.165) is 11.4 Å². The molecule has 3 rings (SSSR count). The molecule has 0 aliphatic carbocycles. The maximum Gasteiger partial charge on any atom is 0.257 e. The molecule has 1 aromatic heterocycles. The number of rotatable bonds is 5. The molecule has 27 heavy (non-hydrogen) atoms. The van der Waals surface area contributed by atoms with E-state index in [2.05, 4.69) is 10.4 Å². The normalized spacial score (nSPS) is 10.6. The van der Waals surface area contributed by atoms with Crippen LogP contribution in [0, 0.1) is 6.92 Å². The second-order valence-corrected chi connectivity index (χ2v) is 6.55. The number of amides is 1. The van der Waals surface area contributed by atoms with E-state index in [-0.39, 0.29) is 10.9 Å². The number of ether oxygens (including phenoxy) is 2. The standard InChI is InChI=1S/C19H17Cl2N3O3/c1-11-7-17(24(23-11)14-6-4-5-13(20)10-14)22-19(25)12-8-15(21)18(27-3)16(9-12)26-2/h4-10H,1-3H3,(H,22,25). The van der Waals surface area contributed by atoms with E-state index >= 15 is 0 Å². The number of aryl methyl sites for hydroxylation is 1. The third-order valence-corrected chi connectivity index (χ3v) is 4.34. The summed E-state index contributed by atoms with van der Waals surface area (Å²) in [4.78, 5) is 12.8. The van der Waals surface area contributed by atoms with Crippen LogP contribution in [0.4, 0.5) is 5.82 Å². The first-order chi connectivity index (χ1) is 12.9. The van der Waals surface area contributed by atoms with Gasteiger partial charge in [-0.15, -0.1) is 0 Å². The third kappa shape index (κ3) is 4.02. The molecule has 0 bridgehead atoms. The van der Waals surface area contributed by atoms with Crippen LogP contribution in [-0.2, 0) is 0 Å². The van der Waals surface area contributed by atoms with Gasteiger partial charge in [-0.05, 0) is 37.3 Å². The number of carbonyl (C=O) groups is 1. The number of benzene rings is 2. The van der Waals surface area contributed by atoms with Gasteiger partial charge in [-0.3, -0.25) is 4.79 Å². The average molecular weight is 406 g/mol. The van der Waals surface area contributed by atoms with Crippen LogP contribution in [0.5, 0.6) is 11.5 Å². The predicted octanol–water partition coefficient (Wildman–Crippen LogP) is 4.76. The number of hydrogen-bond donors (Lipinski definition) is 1. The summed E-state index contributed by atoms with van der Waals surface area (Å²) in [5.74, 6) is 0.886. The van der Waals surface area contributed by atoms with Gasteiger partial charge in [-0.25, -0.2) is 4.68 Å². The molecule has 0 saturated carbocycles. The zero-order valence-corrected chi connectivity index (χ0v) is 16.4. The van der Waals surface area contributed by atoms with Crippen LogP contribution >= 0.6 is 23.2 Å². The Kier molecular flexibility index (Phi) is 5.58. The Morgan fingerprint density at radius 1 is 1.11 bits per heavy atom. The van der Waals surface area contributed by atoms with Gasteiger partial charge in [0.25, 0.3) is 5.91 Å². The molecule has 8 heteroatoms.